The first-order valence-corrected chi connectivity index (χ1v) is 10.9. The molecule has 2 aromatic carbocycles. The van der Waals surface area contributed by atoms with E-state index in [1.165, 1.54) is 36.0 Å². The number of nitrogens with one attached hydrogen (secondary N) is 2. The van der Waals surface area contributed by atoms with E-state index in [0.717, 1.165) is 11.1 Å². The molecular weight excluding hydrogens is 443 g/mol. The molecule has 0 spiro atoms. The lowest BCUT2D eigenvalue weighted by atomic mass is 10.2. The van der Waals surface area contributed by atoms with Crippen LogP contribution in [0.25, 0.3) is 11.4 Å². The molecule has 8 nitrogen and oxygen atoms in total. The highest BCUT2D eigenvalue weighted by molar-refractivity contribution is 7.99. The van der Waals surface area contributed by atoms with Crippen LogP contribution in [0.3, 0.4) is 0 Å². The molecule has 0 radical (unpaired) electrons. The minimum atomic E-state index is -0.541. The van der Waals surface area contributed by atoms with Crippen LogP contribution in [-0.2, 0) is 11.3 Å². The predicted octanol–water partition coefficient (Wildman–Crippen LogP) is 3.08. The summed E-state index contributed by atoms with van der Waals surface area (Å²) < 4.78 is 14.9. The van der Waals surface area contributed by atoms with Gasteiger partial charge in [0.25, 0.3) is 5.91 Å². The Kier molecular flexibility index (Phi) is 7.06. The van der Waals surface area contributed by atoms with Gasteiger partial charge in [-0.2, -0.15) is 0 Å². The Morgan fingerprint density at radius 1 is 0.909 bits per heavy atom. The average Bonchev–Trinajstić information content (AvgIpc) is 3.25. The van der Waals surface area contributed by atoms with Crippen LogP contribution in [0.2, 0.25) is 0 Å². The molecule has 2 heterocycles. The van der Waals surface area contributed by atoms with E-state index >= 15 is 0 Å². The number of amides is 2. The second kappa shape index (κ2) is 10.5. The van der Waals surface area contributed by atoms with Gasteiger partial charge in [-0.15, -0.1) is 10.2 Å². The van der Waals surface area contributed by atoms with Gasteiger partial charge in [-0.05, 0) is 42.0 Å². The monoisotopic (exact) mass is 462 g/mol. The maximum absolute atomic E-state index is 13.0. The second-order valence-electron chi connectivity index (χ2n) is 6.91. The summed E-state index contributed by atoms with van der Waals surface area (Å²) in [6.45, 7) is 0.525. The molecule has 166 valence electrons. The van der Waals surface area contributed by atoms with E-state index in [-0.39, 0.29) is 11.3 Å². The van der Waals surface area contributed by atoms with E-state index < -0.39 is 17.6 Å². The van der Waals surface area contributed by atoms with Gasteiger partial charge in [-0.1, -0.05) is 42.1 Å². The van der Waals surface area contributed by atoms with Gasteiger partial charge in [0.1, 0.15) is 5.82 Å². The molecule has 0 aliphatic carbocycles. The number of rotatable bonds is 7. The highest BCUT2D eigenvalue weighted by Gasteiger charge is 2.16. The Bertz CT molecular complexity index is 1230. The van der Waals surface area contributed by atoms with Crippen LogP contribution in [0.5, 0.6) is 0 Å². The fraction of sp³-hybridized carbons (Fsp3) is 0.0870. The van der Waals surface area contributed by atoms with Crippen molar-refractivity contribution in [3.63, 3.8) is 0 Å². The lowest BCUT2D eigenvalue weighted by Gasteiger charge is -2.11. The third-order valence-corrected chi connectivity index (χ3v) is 5.56. The molecule has 0 unspecified atom stereocenters. The zero-order valence-corrected chi connectivity index (χ0v) is 18.1. The molecule has 2 amide bonds. The number of nitrogens with zero attached hydrogens (tertiary/aromatic N) is 4. The number of hydrogen-bond donors (Lipinski definition) is 2. The van der Waals surface area contributed by atoms with Crippen LogP contribution in [-0.4, -0.2) is 37.3 Å². The average molecular weight is 463 g/mol. The first kappa shape index (κ1) is 22.2. The van der Waals surface area contributed by atoms with Crippen molar-refractivity contribution in [1.82, 2.24) is 30.6 Å². The molecule has 4 rings (SSSR count). The van der Waals surface area contributed by atoms with Crippen molar-refractivity contribution in [2.45, 2.75) is 11.7 Å². The van der Waals surface area contributed by atoms with E-state index in [0.29, 0.717) is 17.5 Å². The van der Waals surface area contributed by atoms with Crippen molar-refractivity contribution in [3.8, 4) is 11.4 Å². The number of pyridine rings is 1. The maximum atomic E-state index is 13.0. The zero-order valence-electron chi connectivity index (χ0n) is 17.3. The van der Waals surface area contributed by atoms with Crippen molar-refractivity contribution in [1.29, 1.82) is 0 Å². The molecule has 2 N–H and O–H groups in total. The normalized spacial score (nSPS) is 10.6. The summed E-state index contributed by atoms with van der Waals surface area (Å²) in [7, 11) is 0. The summed E-state index contributed by atoms with van der Waals surface area (Å²) in [5.74, 6) is -0.741. The molecule has 33 heavy (non-hydrogen) atoms. The first-order chi connectivity index (χ1) is 16.1. The summed E-state index contributed by atoms with van der Waals surface area (Å²) in [6.07, 6.45) is 3.36. The van der Waals surface area contributed by atoms with Crippen molar-refractivity contribution in [3.05, 3.63) is 96.1 Å². The Labute approximate surface area is 193 Å². The third-order valence-electron chi connectivity index (χ3n) is 4.59. The molecule has 0 aliphatic rings. The van der Waals surface area contributed by atoms with E-state index in [2.05, 4.69) is 26.0 Å². The Balaban J connectivity index is 1.42. The summed E-state index contributed by atoms with van der Waals surface area (Å²) in [5.41, 5.74) is 6.82. The van der Waals surface area contributed by atoms with Crippen LogP contribution in [0.15, 0.2) is 84.3 Å². The van der Waals surface area contributed by atoms with E-state index in [1.54, 1.807) is 12.4 Å². The quantitative estimate of drug-likeness (QED) is 0.323. The van der Waals surface area contributed by atoms with Crippen molar-refractivity contribution in [2.75, 3.05) is 5.75 Å². The van der Waals surface area contributed by atoms with Crippen LogP contribution in [0.4, 0.5) is 4.39 Å². The Morgan fingerprint density at radius 2 is 1.64 bits per heavy atom. The maximum Gasteiger partial charge on any atom is 0.269 e. The Morgan fingerprint density at radius 3 is 2.36 bits per heavy atom. The predicted molar refractivity (Wildman–Crippen MR) is 122 cm³/mol. The van der Waals surface area contributed by atoms with Crippen LogP contribution >= 0.6 is 11.8 Å². The van der Waals surface area contributed by atoms with Gasteiger partial charge in [-0.25, -0.2) is 4.39 Å². The smallest absolute Gasteiger partial charge is 0.269 e. The van der Waals surface area contributed by atoms with Gasteiger partial charge in [0.15, 0.2) is 11.0 Å². The van der Waals surface area contributed by atoms with Crippen molar-refractivity contribution < 1.29 is 14.0 Å². The number of benzene rings is 2. The number of carbonyl (C=O) groups excluding carboxylic acids is 2. The van der Waals surface area contributed by atoms with Crippen molar-refractivity contribution in [2.24, 2.45) is 0 Å². The molecule has 0 saturated carbocycles. The molecule has 0 bridgehead atoms. The summed E-state index contributed by atoms with van der Waals surface area (Å²) in [5, 5.41) is 9.14. The molecule has 4 aromatic rings. The zero-order chi connectivity index (χ0) is 23.0. The highest BCUT2D eigenvalue weighted by atomic mass is 32.2. The minimum absolute atomic E-state index is 0.00691. The van der Waals surface area contributed by atoms with Gasteiger partial charge < -0.3 is 0 Å². The minimum Gasteiger partial charge on any atom is -0.298 e. The summed E-state index contributed by atoms with van der Waals surface area (Å²) in [6, 6.07) is 18.6. The van der Waals surface area contributed by atoms with Crippen LogP contribution in [0, 0.1) is 5.82 Å². The number of aromatic nitrogens is 4. The largest absolute Gasteiger partial charge is 0.298 e. The molecule has 0 atom stereocenters. The molecule has 0 aliphatic heterocycles. The molecule has 0 saturated heterocycles. The van der Waals surface area contributed by atoms with Gasteiger partial charge in [-0.3, -0.25) is 30.0 Å². The standard InChI is InChI=1S/C23H19FN6O2S/c24-19-8-6-18(7-9-19)22(32)28-26-20(31)15-33-23-29-27-21(17-10-12-25-13-11-17)30(23)14-16-4-2-1-3-5-16/h1-13H,14-15H2,(H,26,31)(H,28,32). The van der Waals surface area contributed by atoms with Gasteiger partial charge in [0.2, 0.25) is 5.91 Å². The van der Waals surface area contributed by atoms with E-state index in [1.807, 2.05) is 47.0 Å². The van der Waals surface area contributed by atoms with Gasteiger partial charge in [0.05, 0.1) is 12.3 Å². The second-order valence-corrected chi connectivity index (χ2v) is 7.85. The van der Waals surface area contributed by atoms with Crippen LogP contribution in [0.1, 0.15) is 15.9 Å². The molecule has 10 heteroatoms. The van der Waals surface area contributed by atoms with E-state index in [9.17, 15) is 14.0 Å². The first-order valence-electron chi connectivity index (χ1n) is 9.95. The summed E-state index contributed by atoms with van der Waals surface area (Å²) >= 11 is 1.20. The summed E-state index contributed by atoms with van der Waals surface area (Å²) in [4.78, 5) is 28.4. The fourth-order valence-electron chi connectivity index (χ4n) is 2.98. The topological polar surface area (TPSA) is 102 Å². The number of hydrogen-bond acceptors (Lipinski definition) is 6. The fourth-order valence-corrected chi connectivity index (χ4v) is 3.72. The van der Waals surface area contributed by atoms with Gasteiger partial charge in [0, 0.05) is 23.5 Å². The third kappa shape index (κ3) is 5.80. The van der Waals surface area contributed by atoms with Gasteiger partial charge >= 0.3 is 0 Å². The highest BCUT2D eigenvalue weighted by Crippen LogP contribution is 2.24. The van der Waals surface area contributed by atoms with E-state index in [4.69, 9.17) is 0 Å². The number of halogens is 1. The molecule has 0 fully saturated rings. The Hall–Kier alpha value is -4.05. The lowest BCUT2D eigenvalue weighted by molar-refractivity contribution is -0.119. The van der Waals surface area contributed by atoms with Crippen LogP contribution < -0.4 is 10.9 Å². The SMILES string of the molecule is O=C(CSc1nnc(-c2ccncc2)n1Cc1ccccc1)NNC(=O)c1ccc(F)cc1. The molecular formula is C23H19FN6O2S. The van der Waals surface area contributed by atoms with Crippen molar-refractivity contribution >= 4 is 23.6 Å². The number of hydrazine groups is 1. The number of thioether (sulfide) groups is 1. The lowest BCUT2D eigenvalue weighted by Crippen LogP contribution is -2.42. The number of carbonyl (C=O) groups is 2. The molecule has 2 aromatic heterocycles.